The number of hydrogen-bond donors (Lipinski definition) is 0. The summed E-state index contributed by atoms with van der Waals surface area (Å²) in [6, 6.07) is 17.6. The van der Waals surface area contributed by atoms with Crippen molar-refractivity contribution in [2.75, 3.05) is 26.0 Å². The Morgan fingerprint density at radius 3 is 2.80 bits per heavy atom. The van der Waals surface area contributed by atoms with Crippen LogP contribution < -0.4 is 4.74 Å². The van der Waals surface area contributed by atoms with Gasteiger partial charge in [-0.1, -0.05) is 41.9 Å². The van der Waals surface area contributed by atoms with E-state index in [2.05, 4.69) is 11.2 Å². The number of carbonyl (C=O) groups is 1. The van der Waals surface area contributed by atoms with Crippen molar-refractivity contribution >= 4 is 29.3 Å². The van der Waals surface area contributed by atoms with Gasteiger partial charge in [0.15, 0.2) is 0 Å². The van der Waals surface area contributed by atoms with Gasteiger partial charge in [-0.2, -0.15) is 16.9 Å². The molecule has 7 heteroatoms. The van der Waals surface area contributed by atoms with Gasteiger partial charge >= 0.3 is 0 Å². The minimum Gasteiger partial charge on any atom is -0.497 e. The van der Waals surface area contributed by atoms with Crippen molar-refractivity contribution < 1.29 is 9.53 Å². The number of rotatable bonds is 4. The summed E-state index contributed by atoms with van der Waals surface area (Å²) in [6.07, 6.45) is 0.876. The average Bonchev–Trinajstić information content (AvgIpc) is 2.99. The van der Waals surface area contributed by atoms with Crippen molar-refractivity contribution in [3.63, 3.8) is 0 Å². The van der Waals surface area contributed by atoms with Crippen LogP contribution in [0.15, 0.2) is 54.6 Å². The molecule has 1 saturated heterocycles. The van der Waals surface area contributed by atoms with Crippen molar-refractivity contribution in [2.45, 2.75) is 11.7 Å². The van der Waals surface area contributed by atoms with Gasteiger partial charge in [-0.3, -0.25) is 9.48 Å². The van der Waals surface area contributed by atoms with E-state index in [4.69, 9.17) is 16.3 Å². The van der Waals surface area contributed by atoms with Crippen LogP contribution in [0.2, 0.25) is 5.02 Å². The molecule has 0 bridgehead atoms. The highest BCUT2D eigenvalue weighted by molar-refractivity contribution is 7.99. The first-order valence-electron chi connectivity index (χ1n) is 9.90. The van der Waals surface area contributed by atoms with E-state index >= 15 is 0 Å². The van der Waals surface area contributed by atoms with E-state index in [0.717, 1.165) is 39.8 Å². The molecule has 2 aromatic carbocycles. The van der Waals surface area contributed by atoms with Crippen molar-refractivity contribution in [1.82, 2.24) is 14.7 Å². The lowest BCUT2D eigenvalue weighted by Gasteiger charge is -2.20. The van der Waals surface area contributed by atoms with E-state index in [0.29, 0.717) is 24.0 Å². The molecular weight excluding hydrogens is 418 g/mol. The van der Waals surface area contributed by atoms with Crippen molar-refractivity contribution in [3.05, 3.63) is 70.9 Å². The molecule has 0 N–H and O–H groups in total. The molecule has 30 heavy (non-hydrogen) atoms. The maximum absolute atomic E-state index is 13.3. The second-order valence-corrected chi connectivity index (χ2v) is 8.95. The van der Waals surface area contributed by atoms with E-state index in [1.165, 1.54) is 0 Å². The zero-order valence-corrected chi connectivity index (χ0v) is 18.6. The van der Waals surface area contributed by atoms with Gasteiger partial charge in [-0.25, -0.2) is 0 Å². The van der Waals surface area contributed by atoms with Crippen molar-refractivity contribution in [2.24, 2.45) is 7.05 Å². The predicted molar refractivity (Wildman–Crippen MR) is 122 cm³/mol. The molecule has 0 radical (unpaired) electrons. The lowest BCUT2D eigenvalue weighted by Crippen LogP contribution is -2.34. The van der Waals surface area contributed by atoms with E-state index in [1.54, 1.807) is 11.8 Å². The summed E-state index contributed by atoms with van der Waals surface area (Å²) in [7, 11) is 3.45. The molecule has 4 rings (SSSR count). The smallest absolute Gasteiger partial charge is 0.272 e. The van der Waals surface area contributed by atoms with Crippen LogP contribution in [0.25, 0.3) is 11.3 Å². The second-order valence-electron chi connectivity index (χ2n) is 7.23. The Bertz CT molecular complexity index is 1050. The quantitative estimate of drug-likeness (QED) is 0.567. The third kappa shape index (κ3) is 4.35. The summed E-state index contributed by atoms with van der Waals surface area (Å²) in [5.74, 6) is 1.66. The molecule has 3 aromatic rings. The van der Waals surface area contributed by atoms with Crippen LogP contribution in [-0.2, 0) is 7.05 Å². The Morgan fingerprint density at radius 1 is 1.17 bits per heavy atom. The Hall–Kier alpha value is -2.44. The zero-order valence-electron chi connectivity index (χ0n) is 17.0. The maximum atomic E-state index is 13.3. The highest BCUT2D eigenvalue weighted by atomic mass is 35.5. The Labute approximate surface area is 186 Å². The van der Waals surface area contributed by atoms with Crippen LogP contribution in [0.3, 0.4) is 0 Å². The molecule has 0 aliphatic carbocycles. The van der Waals surface area contributed by atoms with Crippen LogP contribution in [0.4, 0.5) is 0 Å². The van der Waals surface area contributed by atoms with Crippen LogP contribution in [-0.4, -0.2) is 46.5 Å². The third-order valence-corrected chi connectivity index (χ3v) is 7.00. The SMILES string of the molecule is COc1cccc(-c2cc(C(=O)N3CCS[C@H](c4ccccc4Cl)CC3)n(C)n2)c1. The highest BCUT2D eigenvalue weighted by Crippen LogP contribution is 2.38. The number of halogens is 1. The van der Waals surface area contributed by atoms with Crippen molar-refractivity contribution in [1.29, 1.82) is 0 Å². The van der Waals surface area contributed by atoms with Crippen LogP contribution in [0.1, 0.15) is 27.7 Å². The predicted octanol–water partition coefficient (Wildman–Crippen LogP) is 5.07. The molecule has 1 aliphatic rings. The number of methoxy groups -OCH3 is 1. The number of nitrogens with zero attached hydrogens (tertiary/aromatic N) is 3. The fourth-order valence-corrected chi connectivity index (χ4v) is 5.31. The van der Waals surface area contributed by atoms with Crippen LogP contribution in [0.5, 0.6) is 5.75 Å². The number of carbonyl (C=O) groups excluding carboxylic acids is 1. The lowest BCUT2D eigenvalue weighted by molar-refractivity contribution is 0.0755. The summed E-state index contributed by atoms with van der Waals surface area (Å²) in [5.41, 5.74) is 3.43. The van der Waals surface area contributed by atoms with Crippen LogP contribution in [0, 0.1) is 0 Å². The molecule has 0 saturated carbocycles. The number of ether oxygens (including phenoxy) is 1. The summed E-state index contributed by atoms with van der Waals surface area (Å²) >= 11 is 8.26. The Morgan fingerprint density at radius 2 is 2.00 bits per heavy atom. The fraction of sp³-hybridized carbons (Fsp3) is 0.304. The van der Waals surface area contributed by atoms with Gasteiger partial charge in [0, 0.05) is 41.7 Å². The van der Waals surface area contributed by atoms with Crippen LogP contribution >= 0.6 is 23.4 Å². The highest BCUT2D eigenvalue weighted by Gasteiger charge is 2.26. The second kappa shape index (κ2) is 9.14. The average molecular weight is 442 g/mol. The molecule has 5 nitrogen and oxygen atoms in total. The first-order chi connectivity index (χ1) is 14.6. The Kier molecular flexibility index (Phi) is 6.35. The minimum absolute atomic E-state index is 0.0135. The topological polar surface area (TPSA) is 47.4 Å². The van der Waals surface area contributed by atoms with Gasteiger partial charge in [0.2, 0.25) is 0 Å². The number of aryl methyl sites for hydroxylation is 1. The Balaban J connectivity index is 1.51. The molecule has 156 valence electrons. The van der Waals surface area contributed by atoms with Gasteiger partial charge in [0.25, 0.3) is 5.91 Å². The summed E-state index contributed by atoms with van der Waals surface area (Å²) in [6.45, 7) is 1.41. The first kappa shape index (κ1) is 20.8. The van der Waals surface area contributed by atoms with E-state index in [1.807, 2.05) is 72.2 Å². The first-order valence-corrected chi connectivity index (χ1v) is 11.3. The van der Waals surface area contributed by atoms with Gasteiger partial charge in [-0.15, -0.1) is 0 Å². The molecule has 0 unspecified atom stereocenters. The standard InChI is InChI=1S/C23H24ClN3O2S/c1-26-21(15-20(25-26)16-6-5-7-17(14-16)29-2)23(28)27-11-10-22(30-13-12-27)18-8-3-4-9-19(18)24/h3-9,14-15,22H,10-13H2,1-2H3/t22-/m0/s1. The van der Waals surface area contributed by atoms with Gasteiger partial charge in [-0.05, 0) is 36.2 Å². The lowest BCUT2D eigenvalue weighted by atomic mass is 10.1. The number of amides is 1. The summed E-state index contributed by atoms with van der Waals surface area (Å²) < 4.78 is 6.97. The van der Waals surface area contributed by atoms with Gasteiger partial charge in [0.1, 0.15) is 11.4 Å². The number of aromatic nitrogens is 2. The molecule has 0 spiro atoms. The van der Waals surface area contributed by atoms with E-state index in [9.17, 15) is 4.79 Å². The largest absolute Gasteiger partial charge is 0.497 e. The fourth-order valence-electron chi connectivity index (χ4n) is 3.71. The third-order valence-electron chi connectivity index (χ3n) is 5.35. The number of hydrogen-bond acceptors (Lipinski definition) is 4. The van der Waals surface area contributed by atoms with E-state index < -0.39 is 0 Å². The number of benzene rings is 2. The minimum atomic E-state index is 0.0135. The molecule has 1 aromatic heterocycles. The molecule has 1 amide bonds. The molecule has 1 atom stereocenters. The van der Waals surface area contributed by atoms with Crippen molar-refractivity contribution in [3.8, 4) is 17.0 Å². The number of thioether (sulfide) groups is 1. The van der Waals surface area contributed by atoms with Gasteiger partial charge in [0.05, 0.1) is 12.8 Å². The van der Waals surface area contributed by atoms with E-state index in [-0.39, 0.29) is 5.91 Å². The summed E-state index contributed by atoms with van der Waals surface area (Å²) in [4.78, 5) is 15.2. The molecule has 2 heterocycles. The molecular formula is C23H24ClN3O2S. The molecule has 1 aliphatic heterocycles. The molecule has 1 fully saturated rings. The summed E-state index contributed by atoms with van der Waals surface area (Å²) in [5, 5.41) is 5.66. The van der Waals surface area contributed by atoms with Gasteiger partial charge < -0.3 is 9.64 Å². The monoisotopic (exact) mass is 441 g/mol. The zero-order chi connectivity index (χ0) is 21.1. The normalized spacial score (nSPS) is 16.9. The maximum Gasteiger partial charge on any atom is 0.272 e.